The molecule has 0 spiro atoms. The Labute approximate surface area is 183 Å². The summed E-state index contributed by atoms with van der Waals surface area (Å²) < 4.78 is 4.99. The highest BCUT2D eigenvalue weighted by atomic mass is 32.2. The van der Waals surface area contributed by atoms with Crippen molar-refractivity contribution >= 4 is 45.8 Å². The standard InChI is InChI=1S/C22H22N2O4S2/c1-29-15-8-6-14(7-9-15)18(25)10-11-21(27)28-13-20(26)24-22-17(12-23)16-4-2-3-5-19(16)30-22/h6-9H,2-5,10-11,13H2,1H3,(H,24,26). The Morgan fingerprint density at radius 1 is 1.17 bits per heavy atom. The lowest BCUT2D eigenvalue weighted by Crippen LogP contribution is -2.21. The summed E-state index contributed by atoms with van der Waals surface area (Å²) >= 11 is 3.01. The molecular formula is C22H22N2O4S2. The van der Waals surface area contributed by atoms with Crippen molar-refractivity contribution in [2.24, 2.45) is 0 Å². The first kappa shape index (κ1) is 22.1. The number of rotatable bonds is 8. The average Bonchev–Trinajstić information content (AvgIpc) is 3.12. The van der Waals surface area contributed by atoms with Crippen molar-refractivity contribution in [2.75, 3.05) is 18.2 Å². The van der Waals surface area contributed by atoms with Crippen molar-refractivity contribution in [2.45, 2.75) is 43.4 Å². The number of ketones is 1. The highest BCUT2D eigenvalue weighted by Gasteiger charge is 2.22. The Morgan fingerprint density at radius 2 is 1.90 bits per heavy atom. The molecule has 1 aliphatic carbocycles. The summed E-state index contributed by atoms with van der Waals surface area (Å²) in [5.74, 6) is -1.24. The fourth-order valence-electron chi connectivity index (χ4n) is 3.29. The molecule has 6 nitrogen and oxygen atoms in total. The topological polar surface area (TPSA) is 96.3 Å². The van der Waals surface area contributed by atoms with Crippen molar-refractivity contribution in [3.8, 4) is 6.07 Å². The third-order valence-corrected chi connectivity index (χ3v) is 6.82. The minimum absolute atomic E-state index is 0.0231. The first-order valence-electron chi connectivity index (χ1n) is 9.69. The zero-order chi connectivity index (χ0) is 21.5. The molecule has 156 valence electrons. The summed E-state index contributed by atoms with van der Waals surface area (Å²) in [4.78, 5) is 38.4. The number of hydrogen-bond donors (Lipinski definition) is 1. The van der Waals surface area contributed by atoms with Crippen LogP contribution in [-0.4, -0.2) is 30.5 Å². The Balaban J connectivity index is 1.45. The molecule has 0 bridgehead atoms. The van der Waals surface area contributed by atoms with E-state index in [1.54, 1.807) is 23.9 Å². The van der Waals surface area contributed by atoms with Gasteiger partial charge in [0.15, 0.2) is 12.4 Å². The molecular weight excluding hydrogens is 420 g/mol. The highest BCUT2D eigenvalue weighted by Crippen LogP contribution is 2.37. The van der Waals surface area contributed by atoms with Gasteiger partial charge in [-0.3, -0.25) is 14.4 Å². The average molecular weight is 443 g/mol. The van der Waals surface area contributed by atoms with Gasteiger partial charge in [0.2, 0.25) is 0 Å². The molecule has 2 aromatic rings. The second-order valence-corrected chi connectivity index (χ2v) is 8.87. The number of nitriles is 1. The molecule has 0 fully saturated rings. The predicted octanol–water partition coefficient (Wildman–Crippen LogP) is 4.37. The van der Waals surface area contributed by atoms with Crippen LogP contribution in [0.4, 0.5) is 5.00 Å². The molecule has 3 rings (SSSR count). The van der Waals surface area contributed by atoms with Gasteiger partial charge in [-0.2, -0.15) is 5.26 Å². The number of benzene rings is 1. The number of hydrogen-bond acceptors (Lipinski definition) is 7. The van der Waals surface area contributed by atoms with Crippen LogP contribution in [0.15, 0.2) is 29.2 Å². The van der Waals surface area contributed by atoms with Crippen molar-refractivity contribution in [1.29, 1.82) is 5.26 Å². The van der Waals surface area contributed by atoms with Crippen LogP contribution in [0.3, 0.4) is 0 Å². The maximum atomic E-state index is 12.2. The number of anilines is 1. The third kappa shape index (κ3) is 5.49. The van der Waals surface area contributed by atoms with Gasteiger partial charge in [0.25, 0.3) is 5.91 Å². The molecule has 0 radical (unpaired) electrons. The number of thiophene rings is 1. The van der Waals surface area contributed by atoms with E-state index >= 15 is 0 Å². The number of Topliss-reactive ketones (excluding diaryl/α,β-unsaturated/α-hetero) is 1. The largest absolute Gasteiger partial charge is 0.456 e. The fraction of sp³-hybridized carbons (Fsp3) is 0.364. The number of fused-ring (bicyclic) bond motifs is 1. The monoisotopic (exact) mass is 442 g/mol. The molecule has 1 N–H and O–H groups in total. The van der Waals surface area contributed by atoms with Crippen molar-refractivity contribution < 1.29 is 19.1 Å². The number of nitrogens with one attached hydrogen (secondary N) is 1. The number of amides is 1. The number of thioether (sulfide) groups is 1. The van der Waals surface area contributed by atoms with E-state index in [0.29, 0.717) is 16.1 Å². The molecule has 1 aromatic heterocycles. The number of carbonyl (C=O) groups is 3. The lowest BCUT2D eigenvalue weighted by Gasteiger charge is -2.09. The second kappa shape index (κ2) is 10.4. The normalized spacial score (nSPS) is 12.5. The van der Waals surface area contributed by atoms with E-state index in [2.05, 4.69) is 11.4 Å². The van der Waals surface area contributed by atoms with Crippen LogP contribution in [-0.2, 0) is 27.2 Å². The SMILES string of the molecule is CSc1ccc(C(=O)CCC(=O)OCC(=O)Nc2sc3c(c2C#N)CCCC3)cc1. The van der Waals surface area contributed by atoms with Gasteiger partial charge in [0.05, 0.1) is 12.0 Å². The Kier molecular flexibility index (Phi) is 7.66. The Bertz CT molecular complexity index is 990. The van der Waals surface area contributed by atoms with Crippen LogP contribution in [0.5, 0.6) is 0 Å². The molecule has 0 atom stereocenters. The van der Waals surface area contributed by atoms with E-state index in [1.165, 1.54) is 11.3 Å². The van der Waals surface area contributed by atoms with E-state index in [0.717, 1.165) is 41.0 Å². The third-order valence-electron chi connectivity index (χ3n) is 4.87. The molecule has 0 saturated carbocycles. The molecule has 0 aliphatic heterocycles. The minimum atomic E-state index is -0.606. The quantitative estimate of drug-likeness (QED) is 0.371. The molecule has 1 amide bonds. The first-order chi connectivity index (χ1) is 14.5. The summed E-state index contributed by atoms with van der Waals surface area (Å²) in [6.45, 7) is -0.442. The first-order valence-corrected chi connectivity index (χ1v) is 11.7. The Morgan fingerprint density at radius 3 is 2.60 bits per heavy atom. The molecule has 1 aliphatic rings. The highest BCUT2D eigenvalue weighted by molar-refractivity contribution is 7.98. The molecule has 1 heterocycles. The van der Waals surface area contributed by atoms with Gasteiger partial charge in [-0.1, -0.05) is 12.1 Å². The van der Waals surface area contributed by atoms with Crippen LogP contribution < -0.4 is 5.32 Å². The van der Waals surface area contributed by atoms with Crippen LogP contribution in [0.25, 0.3) is 0 Å². The van der Waals surface area contributed by atoms with Crippen LogP contribution in [0, 0.1) is 11.3 Å². The summed E-state index contributed by atoms with van der Waals surface area (Å²) in [6, 6.07) is 9.37. The maximum Gasteiger partial charge on any atom is 0.306 e. The smallest absolute Gasteiger partial charge is 0.306 e. The van der Waals surface area contributed by atoms with Crippen LogP contribution in [0.2, 0.25) is 0 Å². The fourth-order valence-corrected chi connectivity index (χ4v) is 4.95. The van der Waals surface area contributed by atoms with Gasteiger partial charge in [-0.05, 0) is 49.6 Å². The molecule has 30 heavy (non-hydrogen) atoms. The lowest BCUT2D eigenvalue weighted by atomic mass is 9.96. The van der Waals surface area contributed by atoms with Gasteiger partial charge < -0.3 is 10.1 Å². The minimum Gasteiger partial charge on any atom is -0.456 e. The number of esters is 1. The van der Waals surface area contributed by atoms with Gasteiger partial charge in [0, 0.05) is 21.8 Å². The van der Waals surface area contributed by atoms with Gasteiger partial charge >= 0.3 is 5.97 Å². The van der Waals surface area contributed by atoms with Gasteiger partial charge in [-0.25, -0.2) is 0 Å². The van der Waals surface area contributed by atoms with Crippen molar-refractivity contribution in [1.82, 2.24) is 0 Å². The summed E-state index contributed by atoms with van der Waals surface area (Å²) in [7, 11) is 0. The van der Waals surface area contributed by atoms with Crippen LogP contribution in [0.1, 0.15) is 52.0 Å². The van der Waals surface area contributed by atoms with Gasteiger partial charge in [0.1, 0.15) is 11.1 Å². The maximum absolute atomic E-state index is 12.2. The van der Waals surface area contributed by atoms with E-state index < -0.39 is 18.5 Å². The summed E-state index contributed by atoms with van der Waals surface area (Å²) in [5.41, 5.74) is 2.10. The zero-order valence-electron chi connectivity index (χ0n) is 16.7. The summed E-state index contributed by atoms with van der Waals surface area (Å²) in [5, 5.41) is 12.6. The van der Waals surface area contributed by atoms with Crippen molar-refractivity contribution in [3.63, 3.8) is 0 Å². The zero-order valence-corrected chi connectivity index (χ0v) is 18.3. The van der Waals surface area contributed by atoms with Crippen molar-refractivity contribution in [3.05, 3.63) is 45.8 Å². The predicted molar refractivity (Wildman–Crippen MR) is 117 cm³/mol. The van der Waals surface area contributed by atoms with E-state index in [1.807, 2.05) is 18.4 Å². The second-order valence-electron chi connectivity index (χ2n) is 6.89. The molecule has 8 heteroatoms. The van der Waals surface area contributed by atoms with E-state index in [-0.39, 0.29) is 18.6 Å². The van der Waals surface area contributed by atoms with Gasteiger partial charge in [-0.15, -0.1) is 23.1 Å². The lowest BCUT2D eigenvalue weighted by molar-refractivity contribution is -0.147. The number of nitrogens with zero attached hydrogens (tertiary/aromatic N) is 1. The Hall–Kier alpha value is -2.63. The molecule has 0 saturated heterocycles. The van der Waals surface area contributed by atoms with Crippen LogP contribution >= 0.6 is 23.1 Å². The number of ether oxygens (including phenoxy) is 1. The molecule has 0 unspecified atom stereocenters. The van der Waals surface area contributed by atoms with E-state index in [9.17, 15) is 19.6 Å². The number of aryl methyl sites for hydroxylation is 1. The summed E-state index contributed by atoms with van der Waals surface area (Å²) in [6.07, 6.45) is 5.80. The number of carbonyl (C=O) groups excluding carboxylic acids is 3. The van der Waals surface area contributed by atoms with E-state index in [4.69, 9.17) is 4.74 Å². The molecule has 1 aromatic carbocycles.